The van der Waals surface area contributed by atoms with Crippen molar-refractivity contribution in [2.24, 2.45) is 0 Å². The molecule has 0 saturated heterocycles. The number of benzene rings is 3. The number of aromatic hydroxyl groups is 1. The predicted molar refractivity (Wildman–Crippen MR) is 114 cm³/mol. The highest BCUT2D eigenvalue weighted by atomic mass is 32.2. The second-order valence-electron chi connectivity index (χ2n) is 6.96. The number of rotatable bonds is 5. The summed E-state index contributed by atoms with van der Waals surface area (Å²) >= 11 is 1.45. The molecule has 29 heavy (non-hydrogen) atoms. The van der Waals surface area contributed by atoms with Crippen molar-refractivity contribution in [3.8, 4) is 11.5 Å². The largest absolute Gasteiger partial charge is 0.508 e. The summed E-state index contributed by atoms with van der Waals surface area (Å²) in [5, 5.41) is 10.1. The summed E-state index contributed by atoms with van der Waals surface area (Å²) in [5.41, 5.74) is 3.34. The molecule has 0 aromatic heterocycles. The van der Waals surface area contributed by atoms with E-state index in [9.17, 15) is 9.90 Å². The second-order valence-corrected chi connectivity index (χ2v) is 8.01. The van der Waals surface area contributed by atoms with Gasteiger partial charge in [0, 0.05) is 22.3 Å². The molecule has 0 saturated carbocycles. The third-order valence-electron chi connectivity index (χ3n) is 5.20. The molecule has 2 unspecified atom stereocenters. The van der Waals surface area contributed by atoms with Crippen molar-refractivity contribution < 1.29 is 19.4 Å². The molecule has 1 heterocycles. The third kappa shape index (κ3) is 4.25. The van der Waals surface area contributed by atoms with E-state index >= 15 is 0 Å². The highest BCUT2D eigenvalue weighted by molar-refractivity contribution is 8.00. The summed E-state index contributed by atoms with van der Waals surface area (Å²) in [6, 6.07) is 23.9. The van der Waals surface area contributed by atoms with Crippen molar-refractivity contribution >= 4 is 17.7 Å². The monoisotopic (exact) mass is 406 g/mol. The van der Waals surface area contributed by atoms with Crippen molar-refractivity contribution in [3.05, 3.63) is 89.5 Å². The van der Waals surface area contributed by atoms with Gasteiger partial charge in [0.2, 0.25) is 0 Å². The Balaban J connectivity index is 1.69. The normalized spacial score (nSPS) is 17.8. The van der Waals surface area contributed by atoms with Crippen LogP contribution in [0.2, 0.25) is 0 Å². The van der Waals surface area contributed by atoms with Crippen molar-refractivity contribution in [1.29, 1.82) is 0 Å². The number of thioether (sulfide) groups is 1. The fourth-order valence-electron chi connectivity index (χ4n) is 3.78. The molecule has 0 amide bonds. The van der Waals surface area contributed by atoms with Gasteiger partial charge in [0.05, 0.1) is 19.5 Å². The highest BCUT2D eigenvalue weighted by Crippen LogP contribution is 2.47. The van der Waals surface area contributed by atoms with Crippen molar-refractivity contribution in [1.82, 2.24) is 0 Å². The van der Waals surface area contributed by atoms with Crippen LogP contribution in [0.3, 0.4) is 0 Å². The SMILES string of the molecule is COC(=O)CSc1ccc(C2c3cc(O)ccc3OCC2c2ccccc2)cc1. The highest BCUT2D eigenvalue weighted by Gasteiger charge is 2.33. The zero-order valence-electron chi connectivity index (χ0n) is 16.1. The lowest BCUT2D eigenvalue weighted by molar-refractivity contribution is -0.137. The average molecular weight is 407 g/mol. The Labute approximate surface area is 174 Å². The van der Waals surface area contributed by atoms with Crippen LogP contribution in [0.1, 0.15) is 28.5 Å². The van der Waals surface area contributed by atoms with Gasteiger partial charge in [0.1, 0.15) is 11.5 Å². The zero-order valence-corrected chi connectivity index (χ0v) is 16.9. The van der Waals surface area contributed by atoms with Crippen LogP contribution in [0.15, 0.2) is 77.7 Å². The molecule has 2 atom stereocenters. The number of hydrogen-bond donors (Lipinski definition) is 1. The number of phenolic OH excluding ortho intramolecular Hbond substituents is 1. The third-order valence-corrected chi connectivity index (χ3v) is 6.19. The molecule has 0 bridgehead atoms. The maximum Gasteiger partial charge on any atom is 0.315 e. The van der Waals surface area contributed by atoms with Crippen LogP contribution in [0, 0.1) is 0 Å². The average Bonchev–Trinajstić information content (AvgIpc) is 2.77. The fraction of sp³-hybridized carbons (Fsp3) is 0.208. The number of carbonyl (C=O) groups excluding carboxylic acids is 1. The Morgan fingerprint density at radius 3 is 2.55 bits per heavy atom. The van der Waals surface area contributed by atoms with Crippen molar-refractivity contribution in [2.45, 2.75) is 16.7 Å². The van der Waals surface area contributed by atoms with Crippen LogP contribution in [0.5, 0.6) is 11.5 Å². The van der Waals surface area contributed by atoms with Crippen LogP contribution < -0.4 is 4.74 Å². The molecule has 1 aliphatic rings. The Hall–Kier alpha value is -2.92. The zero-order chi connectivity index (χ0) is 20.2. The van der Waals surface area contributed by atoms with E-state index in [2.05, 4.69) is 24.3 Å². The fourth-order valence-corrected chi connectivity index (χ4v) is 4.51. The lowest BCUT2D eigenvalue weighted by Gasteiger charge is -2.34. The molecular formula is C24H22O4S. The van der Waals surface area contributed by atoms with Crippen molar-refractivity contribution in [3.63, 3.8) is 0 Å². The summed E-state index contributed by atoms with van der Waals surface area (Å²) in [4.78, 5) is 12.4. The van der Waals surface area contributed by atoms with Crippen LogP contribution in [0.25, 0.3) is 0 Å². The minimum absolute atomic E-state index is 0.0629. The van der Waals surface area contributed by atoms with Gasteiger partial charge in [-0.3, -0.25) is 4.79 Å². The van der Waals surface area contributed by atoms with Gasteiger partial charge in [0.15, 0.2) is 0 Å². The molecule has 0 aliphatic carbocycles. The molecule has 0 spiro atoms. The van der Waals surface area contributed by atoms with Gasteiger partial charge in [0.25, 0.3) is 0 Å². The number of carbonyl (C=O) groups is 1. The Morgan fingerprint density at radius 2 is 1.83 bits per heavy atom. The smallest absolute Gasteiger partial charge is 0.315 e. The quantitative estimate of drug-likeness (QED) is 0.479. The van der Waals surface area contributed by atoms with E-state index in [1.54, 1.807) is 12.1 Å². The van der Waals surface area contributed by atoms with E-state index in [0.717, 1.165) is 21.8 Å². The van der Waals surface area contributed by atoms with Crippen LogP contribution in [-0.2, 0) is 9.53 Å². The van der Waals surface area contributed by atoms with Crippen LogP contribution >= 0.6 is 11.8 Å². The van der Waals surface area contributed by atoms with Gasteiger partial charge in [-0.25, -0.2) is 0 Å². The topological polar surface area (TPSA) is 55.8 Å². The Morgan fingerprint density at radius 1 is 1.07 bits per heavy atom. The minimum atomic E-state index is -0.239. The Kier molecular flexibility index (Phi) is 5.76. The van der Waals surface area contributed by atoms with Gasteiger partial charge in [-0.05, 0) is 41.5 Å². The van der Waals surface area contributed by atoms with E-state index in [1.807, 2.05) is 36.4 Å². The van der Waals surface area contributed by atoms with Gasteiger partial charge < -0.3 is 14.6 Å². The molecular weight excluding hydrogens is 384 g/mol. The predicted octanol–water partition coefficient (Wildman–Crippen LogP) is 4.97. The standard InChI is InChI=1S/C24H22O4S/c1-27-23(26)15-29-19-10-7-17(8-11-19)24-20-13-18(25)9-12-22(20)28-14-21(24)16-5-3-2-4-6-16/h2-13,21,24-25H,14-15H2,1H3. The number of methoxy groups -OCH3 is 1. The van der Waals surface area contributed by atoms with Gasteiger partial charge >= 0.3 is 5.97 Å². The van der Waals surface area contributed by atoms with Crippen molar-refractivity contribution in [2.75, 3.05) is 19.5 Å². The lowest BCUT2D eigenvalue weighted by Crippen LogP contribution is -2.25. The van der Waals surface area contributed by atoms with Gasteiger partial charge in [-0.1, -0.05) is 42.5 Å². The number of ether oxygens (including phenoxy) is 2. The first-order valence-electron chi connectivity index (χ1n) is 9.46. The Bertz CT molecular complexity index is 986. The maximum atomic E-state index is 11.4. The lowest BCUT2D eigenvalue weighted by atomic mass is 9.76. The molecule has 1 N–H and O–H groups in total. The first-order valence-corrected chi connectivity index (χ1v) is 10.4. The van der Waals surface area contributed by atoms with E-state index in [0.29, 0.717) is 6.61 Å². The number of esters is 1. The molecule has 0 radical (unpaired) electrons. The van der Waals surface area contributed by atoms with Gasteiger partial charge in [-0.2, -0.15) is 0 Å². The van der Waals surface area contributed by atoms with E-state index in [1.165, 1.54) is 24.4 Å². The minimum Gasteiger partial charge on any atom is -0.508 e. The van der Waals surface area contributed by atoms with E-state index < -0.39 is 0 Å². The molecule has 4 nitrogen and oxygen atoms in total. The second kappa shape index (κ2) is 8.62. The summed E-state index contributed by atoms with van der Waals surface area (Å²) in [6.07, 6.45) is 0. The summed E-state index contributed by atoms with van der Waals surface area (Å²) in [6.45, 7) is 0.575. The molecule has 4 rings (SSSR count). The van der Waals surface area contributed by atoms with Gasteiger partial charge in [-0.15, -0.1) is 11.8 Å². The molecule has 3 aromatic rings. The van der Waals surface area contributed by atoms with E-state index in [4.69, 9.17) is 9.47 Å². The first kappa shape index (κ1) is 19.4. The number of hydrogen-bond acceptors (Lipinski definition) is 5. The molecule has 148 valence electrons. The molecule has 1 aliphatic heterocycles. The molecule has 3 aromatic carbocycles. The maximum absolute atomic E-state index is 11.4. The van der Waals surface area contributed by atoms with E-state index in [-0.39, 0.29) is 29.3 Å². The molecule has 0 fully saturated rings. The van der Waals surface area contributed by atoms with Crippen LogP contribution in [0.4, 0.5) is 0 Å². The van der Waals surface area contributed by atoms with Crippen LogP contribution in [-0.4, -0.2) is 30.5 Å². The summed E-state index contributed by atoms with van der Waals surface area (Å²) in [5.74, 6) is 1.29. The first-order chi connectivity index (χ1) is 14.2. The summed E-state index contributed by atoms with van der Waals surface area (Å²) in [7, 11) is 1.40. The number of fused-ring (bicyclic) bond motifs is 1. The number of phenols is 1. The summed E-state index contributed by atoms with van der Waals surface area (Å²) < 4.78 is 10.7. The molecule has 5 heteroatoms.